The normalized spacial score (nSPS) is 15.7. The number of nitrogens with zero attached hydrogens (tertiary/aromatic N) is 1. The number of benzene rings is 2. The van der Waals surface area contributed by atoms with Crippen LogP contribution in [0.1, 0.15) is 30.4 Å². The van der Waals surface area contributed by atoms with Crippen molar-refractivity contribution >= 4 is 0 Å². The Morgan fingerprint density at radius 3 is 2.45 bits per heavy atom. The average Bonchev–Trinajstić information content (AvgIpc) is 2.53. The number of rotatable bonds is 4. The van der Waals surface area contributed by atoms with Gasteiger partial charge in [-0.05, 0) is 63.2 Å². The van der Waals surface area contributed by atoms with Crippen LogP contribution in [-0.2, 0) is 6.54 Å². The fourth-order valence-corrected chi connectivity index (χ4v) is 2.92. The monoisotopic (exact) mass is 299 g/mol. The van der Waals surface area contributed by atoms with E-state index < -0.39 is 0 Å². The van der Waals surface area contributed by atoms with Crippen molar-refractivity contribution in [2.45, 2.75) is 32.7 Å². The van der Waals surface area contributed by atoms with E-state index in [0.717, 1.165) is 25.4 Å². The van der Waals surface area contributed by atoms with Crippen LogP contribution in [0.5, 0.6) is 11.5 Å². The summed E-state index contributed by atoms with van der Waals surface area (Å²) in [6.07, 6.45) is 3.89. The molecule has 0 radical (unpaired) electrons. The van der Waals surface area contributed by atoms with Crippen molar-refractivity contribution in [2.75, 3.05) is 13.1 Å². The Hall–Kier alpha value is -1.87. The molecule has 3 heteroatoms. The molecule has 0 atom stereocenters. The predicted octanol–water partition coefficient (Wildman–Crippen LogP) is 4.91. The van der Waals surface area contributed by atoms with Gasteiger partial charge in [-0.1, -0.05) is 24.1 Å². The van der Waals surface area contributed by atoms with Crippen molar-refractivity contribution in [1.82, 2.24) is 4.90 Å². The lowest BCUT2D eigenvalue weighted by molar-refractivity contribution is 0.219. The van der Waals surface area contributed by atoms with Crippen LogP contribution >= 0.6 is 0 Å². The highest BCUT2D eigenvalue weighted by Crippen LogP contribution is 2.28. The molecule has 0 aromatic heterocycles. The number of piperidine rings is 1. The van der Waals surface area contributed by atoms with Gasteiger partial charge in [-0.15, -0.1) is 0 Å². The zero-order chi connectivity index (χ0) is 15.4. The van der Waals surface area contributed by atoms with E-state index in [-0.39, 0.29) is 5.82 Å². The number of hydrogen-bond acceptors (Lipinski definition) is 2. The van der Waals surface area contributed by atoms with E-state index in [2.05, 4.69) is 24.0 Å². The van der Waals surface area contributed by atoms with E-state index in [4.69, 9.17) is 4.74 Å². The summed E-state index contributed by atoms with van der Waals surface area (Å²) in [4.78, 5) is 2.48. The number of aryl methyl sites for hydroxylation is 1. The van der Waals surface area contributed by atoms with Crippen LogP contribution in [0.25, 0.3) is 0 Å². The minimum absolute atomic E-state index is 0.246. The molecule has 0 amide bonds. The van der Waals surface area contributed by atoms with Crippen LogP contribution in [-0.4, -0.2) is 18.0 Å². The van der Waals surface area contributed by atoms with E-state index in [1.54, 1.807) is 12.1 Å². The molecule has 1 aliphatic heterocycles. The molecule has 0 bridgehead atoms. The molecule has 2 nitrogen and oxygen atoms in total. The summed E-state index contributed by atoms with van der Waals surface area (Å²) >= 11 is 0. The molecule has 1 heterocycles. The Balaban J connectivity index is 1.78. The van der Waals surface area contributed by atoms with E-state index in [1.807, 2.05) is 6.07 Å². The highest BCUT2D eigenvalue weighted by molar-refractivity contribution is 5.40. The van der Waals surface area contributed by atoms with Gasteiger partial charge < -0.3 is 4.74 Å². The van der Waals surface area contributed by atoms with Crippen LogP contribution in [0.4, 0.5) is 4.39 Å². The van der Waals surface area contributed by atoms with Gasteiger partial charge in [-0.3, -0.25) is 4.90 Å². The first-order chi connectivity index (χ1) is 10.7. The summed E-state index contributed by atoms with van der Waals surface area (Å²) in [6.45, 7) is 5.33. The molecule has 116 valence electrons. The number of likely N-dealkylation sites (tertiary alicyclic amines) is 1. The molecule has 1 fully saturated rings. The Labute approximate surface area is 131 Å². The fourth-order valence-electron chi connectivity index (χ4n) is 2.92. The Morgan fingerprint density at radius 1 is 1.00 bits per heavy atom. The lowest BCUT2D eigenvalue weighted by Gasteiger charge is -2.27. The number of ether oxygens (including phenoxy) is 1. The number of hydrogen-bond donors (Lipinski definition) is 0. The first kappa shape index (κ1) is 15.0. The van der Waals surface area contributed by atoms with E-state index in [1.165, 1.54) is 42.5 Å². The summed E-state index contributed by atoms with van der Waals surface area (Å²) in [5, 5.41) is 0. The quantitative estimate of drug-likeness (QED) is 0.795. The zero-order valence-corrected chi connectivity index (χ0v) is 13.0. The fraction of sp³-hybridized carbons (Fsp3) is 0.368. The number of halogens is 1. The summed E-state index contributed by atoms with van der Waals surface area (Å²) in [7, 11) is 0. The highest BCUT2D eigenvalue weighted by Gasteiger charge is 2.14. The van der Waals surface area contributed by atoms with Crippen LogP contribution in [0, 0.1) is 12.7 Å². The SMILES string of the molecule is Cc1ccc(Oc2ccc(F)cc2)c(CN2CCCCC2)c1. The average molecular weight is 299 g/mol. The molecule has 1 saturated heterocycles. The van der Waals surface area contributed by atoms with Crippen molar-refractivity contribution in [3.63, 3.8) is 0 Å². The van der Waals surface area contributed by atoms with E-state index in [0.29, 0.717) is 5.75 Å². The van der Waals surface area contributed by atoms with Gasteiger partial charge in [0.25, 0.3) is 0 Å². The Morgan fingerprint density at radius 2 is 1.73 bits per heavy atom. The minimum atomic E-state index is -0.246. The third kappa shape index (κ3) is 3.86. The molecule has 2 aromatic rings. The predicted molar refractivity (Wildman–Crippen MR) is 86.8 cm³/mol. The molecule has 0 spiro atoms. The molecule has 0 aliphatic carbocycles. The van der Waals surface area contributed by atoms with E-state index >= 15 is 0 Å². The minimum Gasteiger partial charge on any atom is -0.457 e. The summed E-state index contributed by atoms with van der Waals surface area (Å²) in [5.74, 6) is 1.29. The molecule has 3 rings (SSSR count). The van der Waals surface area contributed by atoms with Gasteiger partial charge in [0.1, 0.15) is 17.3 Å². The third-order valence-corrected chi connectivity index (χ3v) is 4.10. The maximum absolute atomic E-state index is 13.0. The second-order valence-corrected chi connectivity index (χ2v) is 6.00. The third-order valence-electron chi connectivity index (χ3n) is 4.10. The first-order valence-corrected chi connectivity index (χ1v) is 7.96. The molecule has 22 heavy (non-hydrogen) atoms. The molecule has 0 unspecified atom stereocenters. The van der Waals surface area contributed by atoms with Crippen LogP contribution in [0.2, 0.25) is 0 Å². The van der Waals surface area contributed by atoms with Gasteiger partial charge in [0, 0.05) is 12.1 Å². The topological polar surface area (TPSA) is 12.5 Å². The van der Waals surface area contributed by atoms with Gasteiger partial charge in [-0.2, -0.15) is 0 Å². The highest BCUT2D eigenvalue weighted by atomic mass is 19.1. The van der Waals surface area contributed by atoms with Crippen molar-refractivity contribution < 1.29 is 9.13 Å². The maximum Gasteiger partial charge on any atom is 0.131 e. The van der Waals surface area contributed by atoms with Crippen molar-refractivity contribution in [2.24, 2.45) is 0 Å². The Kier molecular flexibility index (Phi) is 4.74. The zero-order valence-electron chi connectivity index (χ0n) is 13.0. The van der Waals surface area contributed by atoms with Gasteiger partial charge in [-0.25, -0.2) is 4.39 Å². The molecule has 0 N–H and O–H groups in total. The van der Waals surface area contributed by atoms with Crippen LogP contribution < -0.4 is 4.74 Å². The Bertz CT molecular complexity index is 618. The molecule has 2 aromatic carbocycles. The van der Waals surface area contributed by atoms with Gasteiger partial charge in [0.15, 0.2) is 0 Å². The van der Waals surface area contributed by atoms with Crippen LogP contribution in [0.15, 0.2) is 42.5 Å². The van der Waals surface area contributed by atoms with Crippen LogP contribution in [0.3, 0.4) is 0 Å². The van der Waals surface area contributed by atoms with Crippen molar-refractivity contribution in [1.29, 1.82) is 0 Å². The molecular weight excluding hydrogens is 277 g/mol. The molecular formula is C19H22FNO. The standard InChI is InChI=1S/C19H22FNO/c1-15-5-10-19(22-18-8-6-17(20)7-9-18)16(13-15)14-21-11-3-2-4-12-21/h5-10,13H,2-4,11-12,14H2,1H3. The van der Waals surface area contributed by atoms with Crippen molar-refractivity contribution in [3.05, 3.63) is 59.4 Å². The molecule has 1 aliphatic rings. The molecule has 0 saturated carbocycles. The largest absolute Gasteiger partial charge is 0.457 e. The second-order valence-electron chi connectivity index (χ2n) is 6.00. The van der Waals surface area contributed by atoms with E-state index in [9.17, 15) is 4.39 Å². The second kappa shape index (κ2) is 6.93. The van der Waals surface area contributed by atoms with Gasteiger partial charge in [0.2, 0.25) is 0 Å². The van der Waals surface area contributed by atoms with Crippen molar-refractivity contribution in [3.8, 4) is 11.5 Å². The first-order valence-electron chi connectivity index (χ1n) is 7.96. The van der Waals surface area contributed by atoms with Gasteiger partial charge in [0.05, 0.1) is 0 Å². The summed E-state index contributed by atoms with van der Waals surface area (Å²) in [6, 6.07) is 12.4. The summed E-state index contributed by atoms with van der Waals surface area (Å²) < 4.78 is 19.0. The maximum atomic E-state index is 13.0. The van der Waals surface area contributed by atoms with Gasteiger partial charge >= 0.3 is 0 Å². The smallest absolute Gasteiger partial charge is 0.131 e. The lowest BCUT2D eigenvalue weighted by Crippen LogP contribution is -2.29. The lowest BCUT2D eigenvalue weighted by atomic mass is 10.1. The summed E-state index contributed by atoms with van der Waals surface area (Å²) in [5.41, 5.74) is 2.43.